The lowest BCUT2D eigenvalue weighted by atomic mass is 9.55. The predicted octanol–water partition coefficient (Wildman–Crippen LogP) is 4.54. The van der Waals surface area contributed by atoms with Gasteiger partial charge in [-0.05, 0) is 56.7 Å². The lowest BCUT2D eigenvalue weighted by Crippen LogP contribution is -2.65. The molecule has 1 aliphatic heterocycles. The zero-order valence-corrected chi connectivity index (χ0v) is 19.5. The van der Waals surface area contributed by atoms with Crippen LogP contribution < -0.4 is 0 Å². The van der Waals surface area contributed by atoms with E-state index in [4.69, 9.17) is 14.2 Å². The van der Waals surface area contributed by atoms with Crippen molar-refractivity contribution < 1.29 is 28.6 Å². The van der Waals surface area contributed by atoms with E-state index in [0.717, 1.165) is 0 Å². The van der Waals surface area contributed by atoms with Crippen molar-refractivity contribution in [2.24, 2.45) is 11.3 Å². The Morgan fingerprint density at radius 2 is 1.44 bits per heavy atom. The molecule has 0 amide bonds. The number of benzene rings is 2. The quantitative estimate of drug-likeness (QED) is 0.624. The molecule has 1 heterocycles. The summed E-state index contributed by atoms with van der Waals surface area (Å²) in [7, 11) is 0. The fourth-order valence-electron chi connectivity index (χ4n) is 5.91. The van der Waals surface area contributed by atoms with Crippen molar-refractivity contribution in [2.75, 3.05) is 0 Å². The molecule has 3 aliphatic rings. The van der Waals surface area contributed by atoms with Gasteiger partial charge < -0.3 is 14.2 Å². The maximum Gasteiger partial charge on any atom is 0.338 e. The number of allylic oxidation sites excluding steroid dienone is 1. The Morgan fingerprint density at radius 3 is 2.03 bits per heavy atom. The summed E-state index contributed by atoms with van der Waals surface area (Å²) in [5.41, 5.74) is -1.77. The lowest BCUT2D eigenvalue weighted by Gasteiger charge is -2.54. The number of fused-ring (bicyclic) bond motifs is 1. The van der Waals surface area contributed by atoms with Gasteiger partial charge in [-0.3, -0.25) is 4.79 Å². The Balaban J connectivity index is 1.53. The number of carbonyl (C=O) groups is 3. The van der Waals surface area contributed by atoms with Gasteiger partial charge >= 0.3 is 11.9 Å². The van der Waals surface area contributed by atoms with Crippen LogP contribution in [0.25, 0.3) is 0 Å². The van der Waals surface area contributed by atoms with E-state index in [1.165, 1.54) is 6.08 Å². The molecule has 6 heteroatoms. The van der Waals surface area contributed by atoms with Crippen molar-refractivity contribution in [3.63, 3.8) is 0 Å². The van der Waals surface area contributed by atoms with Gasteiger partial charge in [0.1, 0.15) is 17.8 Å². The van der Waals surface area contributed by atoms with E-state index in [9.17, 15) is 14.4 Å². The Morgan fingerprint density at radius 1 is 0.882 bits per heavy atom. The van der Waals surface area contributed by atoms with Crippen molar-refractivity contribution in [2.45, 2.75) is 57.0 Å². The van der Waals surface area contributed by atoms with Crippen LogP contribution in [-0.2, 0) is 19.0 Å². The van der Waals surface area contributed by atoms with E-state index < -0.39 is 40.8 Å². The van der Waals surface area contributed by atoms with Crippen LogP contribution in [0, 0.1) is 11.3 Å². The van der Waals surface area contributed by atoms with E-state index in [-0.39, 0.29) is 18.1 Å². The van der Waals surface area contributed by atoms with E-state index >= 15 is 0 Å². The summed E-state index contributed by atoms with van der Waals surface area (Å²) in [5.74, 6) is -1.20. The molecule has 5 atom stereocenters. The van der Waals surface area contributed by atoms with Crippen LogP contribution in [0.1, 0.15) is 54.3 Å². The van der Waals surface area contributed by atoms with Gasteiger partial charge in [-0.1, -0.05) is 43.3 Å². The maximum atomic E-state index is 13.1. The standard InChI is InChI=1S/C28H28O6/c1-26(2)21-16-22(32-24(30)18-10-6-4-7-11-18)27(3)17-20(29)14-15-28(27,34-26)23(21)33-25(31)19-12-8-5-9-13-19/h4-15,21-23H,16-17H2,1-3H3/t21-,22+,23-,27+,28-/m0/s1. The largest absolute Gasteiger partial charge is 0.458 e. The van der Waals surface area contributed by atoms with Gasteiger partial charge in [0.05, 0.1) is 16.7 Å². The highest BCUT2D eigenvalue weighted by atomic mass is 16.6. The second-order valence-electron chi connectivity index (χ2n) is 10.2. The summed E-state index contributed by atoms with van der Waals surface area (Å²) in [6.07, 6.45) is 2.55. The van der Waals surface area contributed by atoms with Crippen molar-refractivity contribution in [3.8, 4) is 0 Å². The van der Waals surface area contributed by atoms with E-state index in [2.05, 4.69) is 0 Å². The molecular formula is C28H28O6. The Hall–Kier alpha value is -3.25. The van der Waals surface area contributed by atoms with Crippen LogP contribution in [0.15, 0.2) is 72.8 Å². The van der Waals surface area contributed by atoms with Gasteiger partial charge in [0.15, 0.2) is 5.78 Å². The van der Waals surface area contributed by atoms with Crippen LogP contribution in [0.5, 0.6) is 0 Å². The molecule has 2 bridgehead atoms. The minimum atomic E-state index is -1.10. The fourth-order valence-corrected chi connectivity index (χ4v) is 5.91. The molecule has 34 heavy (non-hydrogen) atoms. The van der Waals surface area contributed by atoms with E-state index in [0.29, 0.717) is 17.5 Å². The molecule has 2 aliphatic carbocycles. The van der Waals surface area contributed by atoms with Crippen LogP contribution >= 0.6 is 0 Å². The molecular weight excluding hydrogens is 432 g/mol. The molecule has 2 aromatic carbocycles. The first kappa shape index (κ1) is 22.5. The third kappa shape index (κ3) is 3.40. The molecule has 1 spiro atoms. The van der Waals surface area contributed by atoms with Crippen molar-refractivity contribution >= 4 is 17.7 Å². The molecule has 1 saturated heterocycles. The van der Waals surface area contributed by atoms with Gasteiger partial charge in [0, 0.05) is 17.8 Å². The van der Waals surface area contributed by atoms with Gasteiger partial charge in [0.25, 0.3) is 0 Å². The fraction of sp³-hybridized carbons (Fsp3) is 0.393. The van der Waals surface area contributed by atoms with Gasteiger partial charge in [0.2, 0.25) is 0 Å². The van der Waals surface area contributed by atoms with Gasteiger partial charge in [-0.25, -0.2) is 9.59 Å². The second kappa shape index (κ2) is 7.91. The molecule has 2 aromatic rings. The van der Waals surface area contributed by atoms with Crippen LogP contribution in [0.2, 0.25) is 0 Å². The zero-order valence-electron chi connectivity index (χ0n) is 19.5. The number of ketones is 1. The number of hydrogen-bond donors (Lipinski definition) is 0. The summed E-state index contributed by atoms with van der Waals surface area (Å²) >= 11 is 0. The summed E-state index contributed by atoms with van der Waals surface area (Å²) < 4.78 is 18.9. The van der Waals surface area contributed by atoms with Gasteiger partial charge in [-0.2, -0.15) is 0 Å². The Kier molecular flexibility index (Phi) is 5.24. The van der Waals surface area contributed by atoms with Gasteiger partial charge in [-0.15, -0.1) is 0 Å². The minimum absolute atomic E-state index is 0.0752. The van der Waals surface area contributed by atoms with E-state index in [1.807, 2.05) is 32.9 Å². The summed E-state index contributed by atoms with van der Waals surface area (Å²) in [4.78, 5) is 38.7. The molecule has 0 N–H and O–H groups in total. The highest BCUT2D eigenvalue weighted by Crippen LogP contribution is 2.63. The first-order chi connectivity index (χ1) is 16.2. The monoisotopic (exact) mass is 460 g/mol. The summed E-state index contributed by atoms with van der Waals surface area (Å²) in [6.45, 7) is 5.82. The van der Waals surface area contributed by atoms with Crippen LogP contribution in [-0.4, -0.2) is 41.1 Å². The second-order valence-corrected chi connectivity index (χ2v) is 10.2. The van der Waals surface area contributed by atoms with E-state index in [1.54, 1.807) is 54.6 Å². The number of carbonyl (C=O) groups excluding carboxylic acids is 3. The lowest BCUT2D eigenvalue weighted by molar-refractivity contribution is -0.191. The Bertz CT molecular complexity index is 1150. The molecule has 0 aromatic heterocycles. The number of hydrogen-bond acceptors (Lipinski definition) is 6. The first-order valence-corrected chi connectivity index (χ1v) is 11.6. The average molecular weight is 461 g/mol. The topological polar surface area (TPSA) is 78.9 Å². The number of ether oxygens (including phenoxy) is 3. The average Bonchev–Trinajstić information content (AvgIpc) is 2.99. The molecule has 0 unspecified atom stereocenters. The molecule has 2 fully saturated rings. The third-order valence-electron chi connectivity index (χ3n) is 7.74. The molecule has 1 saturated carbocycles. The predicted molar refractivity (Wildman–Crippen MR) is 124 cm³/mol. The van der Waals surface area contributed by atoms with Crippen molar-refractivity contribution in [1.29, 1.82) is 0 Å². The zero-order chi connectivity index (χ0) is 24.1. The van der Waals surface area contributed by atoms with Crippen LogP contribution in [0.3, 0.4) is 0 Å². The normalized spacial score (nSPS) is 33.1. The third-order valence-corrected chi connectivity index (χ3v) is 7.74. The number of rotatable bonds is 4. The SMILES string of the molecule is CC1(C)O[C@]23C=CC(=O)C[C@]2(C)[C@H](OC(=O)c2ccccc2)C[C@H]1[C@@H]3OC(=O)c1ccccc1. The van der Waals surface area contributed by atoms with Crippen molar-refractivity contribution in [1.82, 2.24) is 0 Å². The van der Waals surface area contributed by atoms with Crippen molar-refractivity contribution in [3.05, 3.63) is 83.9 Å². The highest BCUT2D eigenvalue weighted by molar-refractivity contribution is 5.93. The minimum Gasteiger partial charge on any atom is -0.458 e. The maximum absolute atomic E-state index is 13.1. The molecule has 176 valence electrons. The summed E-state index contributed by atoms with van der Waals surface area (Å²) in [6, 6.07) is 17.6. The first-order valence-electron chi connectivity index (χ1n) is 11.6. The molecule has 5 rings (SSSR count). The molecule has 6 nitrogen and oxygen atoms in total. The number of esters is 2. The smallest absolute Gasteiger partial charge is 0.338 e. The van der Waals surface area contributed by atoms with Crippen LogP contribution in [0.4, 0.5) is 0 Å². The summed E-state index contributed by atoms with van der Waals surface area (Å²) in [5, 5.41) is 0. The highest BCUT2D eigenvalue weighted by Gasteiger charge is 2.74. The Labute approximate surface area is 198 Å². The molecule has 0 radical (unpaired) electrons.